The van der Waals surface area contributed by atoms with E-state index in [0.717, 1.165) is 23.5 Å². The molecule has 0 bridgehead atoms. The summed E-state index contributed by atoms with van der Waals surface area (Å²) in [6.45, 7) is 5.75. The summed E-state index contributed by atoms with van der Waals surface area (Å²) >= 11 is 0. The van der Waals surface area contributed by atoms with Gasteiger partial charge in [0.25, 0.3) is 0 Å². The van der Waals surface area contributed by atoms with E-state index in [2.05, 4.69) is 31.7 Å². The van der Waals surface area contributed by atoms with E-state index in [1.54, 1.807) is 0 Å². The Kier molecular flexibility index (Phi) is 10.5. The van der Waals surface area contributed by atoms with Gasteiger partial charge in [-0.05, 0) is 73.1 Å². The number of carbonyl (C=O) groups excluding carboxylic acids is 1. The van der Waals surface area contributed by atoms with Crippen molar-refractivity contribution < 1.29 is 19.4 Å². The molecule has 2 aliphatic carbocycles. The van der Waals surface area contributed by atoms with Gasteiger partial charge < -0.3 is 14.6 Å². The molecule has 0 aliphatic heterocycles. The number of rotatable bonds is 12. The zero-order valence-corrected chi connectivity index (χ0v) is 20.4. The highest BCUT2D eigenvalue weighted by molar-refractivity contribution is 5.87. The van der Waals surface area contributed by atoms with E-state index >= 15 is 0 Å². The summed E-state index contributed by atoms with van der Waals surface area (Å²) in [5.41, 5.74) is 2.80. The molecule has 0 radical (unpaired) electrons. The van der Waals surface area contributed by atoms with Gasteiger partial charge in [0.15, 0.2) is 0 Å². The molecular formula is C29H42O4. The second-order valence-electron chi connectivity index (χ2n) is 9.81. The van der Waals surface area contributed by atoms with Gasteiger partial charge in [-0.3, -0.25) is 0 Å². The van der Waals surface area contributed by atoms with E-state index in [9.17, 15) is 4.79 Å². The number of aliphatic hydroxyl groups is 1. The van der Waals surface area contributed by atoms with Crippen molar-refractivity contribution >= 4 is 11.5 Å². The lowest BCUT2D eigenvalue weighted by Crippen LogP contribution is -2.23. The van der Waals surface area contributed by atoms with E-state index in [1.807, 2.05) is 12.1 Å². The van der Waals surface area contributed by atoms with Crippen molar-refractivity contribution in [3.8, 4) is 5.75 Å². The highest BCUT2D eigenvalue weighted by Crippen LogP contribution is 2.42. The Hall–Kier alpha value is -2.07. The van der Waals surface area contributed by atoms with E-state index in [1.165, 1.54) is 81.8 Å². The smallest absolute Gasteiger partial charge is 0.335 e. The first-order valence-corrected chi connectivity index (χ1v) is 13.0. The average Bonchev–Trinajstić information content (AvgIpc) is 2.87. The van der Waals surface area contributed by atoms with Crippen LogP contribution in [0.25, 0.3) is 5.57 Å². The molecule has 4 heteroatoms. The number of hydrogen-bond acceptors (Lipinski definition) is 4. The summed E-state index contributed by atoms with van der Waals surface area (Å²) < 4.78 is 10.6. The molecule has 0 saturated heterocycles. The van der Waals surface area contributed by atoms with Crippen molar-refractivity contribution in [1.29, 1.82) is 0 Å². The molecule has 0 amide bonds. The topological polar surface area (TPSA) is 55.8 Å². The minimum atomic E-state index is -0.584. The molecule has 1 fully saturated rings. The fourth-order valence-electron chi connectivity index (χ4n) is 5.40. The maximum atomic E-state index is 11.4. The second kappa shape index (κ2) is 13.6. The minimum absolute atomic E-state index is 0.0532. The van der Waals surface area contributed by atoms with Crippen molar-refractivity contribution in [2.24, 2.45) is 17.8 Å². The van der Waals surface area contributed by atoms with Crippen LogP contribution in [-0.4, -0.2) is 30.9 Å². The number of unbranched alkanes of at least 4 members (excludes halogenated alkanes) is 2. The Balaban J connectivity index is 1.38. The van der Waals surface area contributed by atoms with Crippen LogP contribution >= 0.6 is 0 Å². The summed E-state index contributed by atoms with van der Waals surface area (Å²) in [7, 11) is 0. The third-order valence-electron chi connectivity index (χ3n) is 7.52. The minimum Gasteiger partial charge on any atom is -0.490 e. The molecule has 1 atom stereocenters. The molecule has 1 aromatic carbocycles. The number of allylic oxidation sites excluding steroid dienone is 2. The zero-order chi connectivity index (χ0) is 23.5. The fraction of sp³-hybridized carbons (Fsp3) is 0.621. The fourth-order valence-corrected chi connectivity index (χ4v) is 5.40. The van der Waals surface area contributed by atoms with Crippen molar-refractivity contribution in [2.75, 3.05) is 19.8 Å². The lowest BCUT2D eigenvalue weighted by molar-refractivity contribution is -0.140. The molecule has 1 unspecified atom stereocenters. The van der Waals surface area contributed by atoms with Crippen molar-refractivity contribution in [2.45, 2.75) is 77.6 Å². The SMILES string of the molecule is C=C(CO)C(=O)OCCOc1ccc(C2=CCC(C3CCC(CCCCC)CC3)CC2)cc1. The van der Waals surface area contributed by atoms with Gasteiger partial charge in [-0.1, -0.05) is 70.2 Å². The number of aliphatic hydroxyl groups excluding tert-OH is 1. The number of ether oxygens (including phenoxy) is 2. The first-order chi connectivity index (χ1) is 16.1. The van der Waals surface area contributed by atoms with E-state index < -0.39 is 12.6 Å². The largest absolute Gasteiger partial charge is 0.490 e. The first kappa shape index (κ1) is 25.6. The summed E-state index contributed by atoms with van der Waals surface area (Å²) in [6, 6.07) is 8.22. The van der Waals surface area contributed by atoms with Gasteiger partial charge in [-0.15, -0.1) is 0 Å². The van der Waals surface area contributed by atoms with Gasteiger partial charge in [-0.2, -0.15) is 0 Å². The summed E-state index contributed by atoms with van der Waals surface area (Å²) in [4.78, 5) is 11.4. The van der Waals surface area contributed by atoms with E-state index in [0.29, 0.717) is 0 Å². The van der Waals surface area contributed by atoms with Crippen LogP contribution in [0.4, 0.5) is 0 Å². The zero-order valence-electron chi connectivity index (χ0n) is 20.4. The maximum Gasteiger partial charge on any atom is 0.335 e. The lowest BCUT2D eigenvalue weighted by Gasteiger charge is -2.35. The predicted molar refractivity (Wildman–Crippen MR) is 134 cm³/mol. The number of carbonyl (C=O) groups is 1. The summed E-state index contributed by atoms with van der Waals surface area (Å²) in [6.07, 6.45) is 17.6. The maximum absolute atomic E-state index is 11.4. The standard InChI is InChI=1S/C29H42O4/c1-3-4-5-6-23-7-9-24(10-8-23)25-11-13-26(14-12-25)27-15-17-28(18-16-27)32-19-20-33-29(31)22(2)21-30/h13,15-18,23-25,30H,2-12,14,19-21H2,1H3. The Labute approximate surface area is 200 Å². The van der Waals surface area contributed by atoms with Crippen LogP contribution < -0.4 is 4.74 Å². The molecule has 1 aromatic rings. The van der Waals surface area contributed by atoms with E-state index in [-0.39, 0.29) is 18.8 Å². The molecule has 1 N–H and O–H groups in total. The molecular weight excluding hydrogens is 412 g/mol. The Bertz CT molecular complexity index is 771. The van der Waals surface area contributed by atoms with Crippen LogP contribution in [0.5, 0.6) is 5.75 Å². The molecule has 2 aliphatic rings. The molecule has 0 heterocycles. The monoisotopic (exact) mass is 454 g/mol. The van der Waals surface area contributed by atoms with Gasteiger partial charge >= 0.3 is 5.97 Å². The highest BCUT2D eigenvalue weighted by atomic mass is 16.6. The van der Waals surface area contributed by atoms with Gasteiger partial charge in [0.05, 0.1) is 12.2 Å². The van der Waals surface area contributed by atoms with Crippen LogP contribution in [0, 0.1) is 17.8 Å². The highest BCUT2D eigenvalue weighted by Gasteiger charge is 2.28. The Morgan fingerprint density at radius 2 is 1.79 bits per heavy atom. The van der Waals surface area contributed by atoms with Crippen molar-refractivity contribution in [1.82, 2.24) is 0 Å². The Morgan fingerprint density at radius 3 is 2.42 bits per heavy atom. The van der Waals surface area contributed by atoms with Gasteiger partial charge in [0, 0.05) is 0 Å². The van der Waals surface area contributed by atoms with Crippen LogP contribution in [0.1, 0.15) is 83.1 Å². The molecule has 1 saturated carbocycles. The third kappa shape index (κ3) is 8.03. The average molecular weight is 455 g/mol. The van der Waals surface area contributed by atoms with Crippen molar-refractivity contribution in [3.63, 3.8) is 0 Å². The van der Waals surface area contributed by atoms with Crippen LogP contribution in [-0.2, 0) is 9.53 Å². The Morgan fingerprint density at radius 1 is 1.03 bits per heavy atom. The summed E-state index contributed by atoms with van der Waals surface area (Å²) in [5.74, 6) is 2.98. The van der Waals surface area contributed by atoms with Gasteiger partial charge in [-0.25, -0.2) is 4.79 Å². The lowest BCUT2D eigenvalue weighted by atomic mass is 9.70. The van der Waals surface area contributed by atoms with Gasteiger partial charge in [0.2, 0.25) is 0 Å². The molecule has 4 nitrogen and oxygen atoms in total. The number of benzene rings is 1. The van der Waals surface area contributed by atoms with Crippen molar-refractivity contribution in [3.05, 3.63) is 48.1 Å². The number of esters is 1. The molecule has 3 rings (SSSR count). The summed E-state index contributed by atoms with van der Waals surface area (Å²) in [5, 5.41) is 8.86. The van der Waals surface area contributed by atoms with Crippen LogP contribution in [0.15, 0.2) is 42.5 Å². The number of hydrogen-bond donors (Lipinski definition) is 1. The first-order valence-electron chi connectivity index (χ1n) is 13.0. The molecule has 182 valence electrons. The van der Waals surface area contributed by atoms with Gasteiger partial charge in [0.1, 0.15) is 19.0 Å². The quantitative estimate of drug-likeness (QED) is 0.216. The second-order valence-corrected chi connectivity index (χ2v) is 9.81. The molecule has 0 aromatic heterocycles. The van der Waals surface area contributed by atoms with Crippen LogP contribution in [0.2, 0.25) is 0 Å². The molecule has 33 heavy (non-hydrogen) atoms. The normalized spacial score (nSPS) is 23.0. The predicted octanol–water partition coefficient (Wildman–Crippen LogP) is 6.73. The van der Waals surface area contributed by atoms with Crippen LogP contribution in [0.3, 0.4) is 0 Å². The molecule has 0 spiro atoms. The van der Waals surface area contributed by atoms with E-state index in [4.69, 9.17) is 14.6 Å². The third-order valence-corrected chi connectivity index (χ3v) is 7.52.